The lowest BCUT2D eigenvalue weighted by Gasteiger charge is -2.03. The van der Waals surface area contributed by atoms with Crippen LogP contribution in [-0.4, -0.2) is 14.6 Å². The zero-order chi connectivity index (χ0) is 11.0. The Morgan fingerprint density at radius 2 is 2.20 bits per heavy atom. The predicted octanol–water partition coefficient (Wildman–Crippen LogP) is 2.00. The van der Waals surface area contributed by atoms with Crippen LogP contribution in [0.2, 0.25) is 0 Å². The van der Waals surface area contributed by atoms with Crippen molar-refractivity contribution in [2.45, 2.75) is 33.1 Å². The zero-order valence-electron chi connectivity index (χ0n) is 9.36. The number of rotatable bonds is 2. The average molecular weight is 204 g/mol. The molecule has 0 aliphatic carbocycles. The Morgan fingerprint density at radius 3 is 2.80 bits per heavy atom. The van der Waals surface area contributed by atoms with Crippen molar-refractivity contribution in [1.82, 2.24) is 14.6 Å². The summed E-state index contributed by atoms with van der Waals surface area (Å²) in [6, 6.07) is 0. The fourth-order valence-corrected chi connectivity index (χ4v) is 1.57. The van der Waals surface area contributed by atoms with Crippen molar-refractivity contribution >= 4 is 11.3 Å². The molecule has 0 unspecified atom stereocenters. The van der Waals surface area contributed by atoms with E-state index in [2.05, 4.69) is 23.9 Å². The minimum Gasteiger partial charge on any atom is -0.394 e. The van der Waals surface area contributed by atoms with Crippen LogP contribution in [0.4, 0.5) is 5.69 Å². The van der Waals surface area contributed by atoms with E-state index in [1.54, 1.807) is 4.52 Å². The highest BCUT2D eigenvalue weighted by Crippen LogP contribution is 2.19. The summed E-state index contributed by atoms with van der Waals surface area (Å²) < 4.78 is 1.78. The summed E-state index contributed by atoms with van der Waals surface area (Å²) in [7, 11) is 0. The Hall–Kier alpha value is -1.58. The van der Waals surface area contributed by atoms with E-state index in [1.807, 2.05) is 19.3 Å². The second-order valence-corrected chi connectivity index (χ2v) is 4.02. The van der Waals surface area contributed by atoms with E-state index in [4.69, 9.17) is 5.73 Å². The smallest absolute Gasteiger partial charge is 0.178 e. The molecule has 2 rings (SSSR count). The lowest BCUT2D eigenvalue weighted by atomic mass is 10.1. The average Bonchev–Trinajstić information content (AvgIpc) is 2.55. The molecule has 0 aromatic carbocycles. The number of nitrogens with zero attached hydrogens (tertiary/aromatic N) is 3. The first-order valence-corrected chi connectivity index (χ1v) is 5.26. The molecule has 0 amide bonds. The van der Waals surface area contributed by atoms with Crippen LogP contribution >= 0.6 is 0 Å². The SMILES string of the molecule is CCc1nn2cc(C(C)C)cnc2c1N. The molecule has 0 aliphatic rings. The van der Waals surface area contributed by atoms with Gasteiger partial charge < -0.3 is 5.73 Å². The number of aryl methyl sites for hydroxylation is 1. The van der Waals surface area contributed by atoms with E-state index in [9.17, 15) is 0 Å². The van der Waals surface area contributed by atoms with Gasteiger partial charge in [0.15, 0.2) is 5.65 Å². The topological polar surface area (TPSA) is 56.2 Å². The van der Waals surface area contributed by atoms with Gasteiger partial charge in [-0.25, -0.2) is 9.50 Å². The van der Waals surface area contributed by atoms with Crippen molar-refractivity contribution in [2.75, 3.05) is 5.73 Å². The molecule has 0 radical (unpaired) electrons. The van der Waals surface area contributed by atoms with Crippen molar-refractivity contribution in [1.29, 1.82) is 0 Å². The van der Waals surface area contributed by atoms with Crippen LogP contribution in [0, 0.1) is 0 Å². The van der Waals surface area contributed by atoms with E-state index in [-0.39, 0.29) is 0 Å². The van der Waals surface area contributed by atoms with Gasteiger partial charge >= 0.3 is 0 Å². The van der Waals surface area contributed by atoms with Crippen molar-refractivity contribution < 1.29 is 0 Å². The van der Waals surface area contributed by atoms with Crippen LogP contribution in [0.5, 0.6) is 0 Å². The third-order valence-corrected chi connectivity index (χ3v) is 2.61. The number of hydrogen-bond donors (Lipinski definition) is 1. The Labute approximate surface area is 89.1 Å². The van der Waals surface area contributed by atoms with Crippen LogP contribution in [0.3, 0.4) is 0 Å². The quantitative estimate of drug-likeness (QED) is 0.814. The number of fused-ring (bicyclic) bond motifs is 1. The van der Waals surface area contributed by atoms with Gasteiger partial charge in [-0.1, -0.05) is 20.8 Å². The largest absolute Gasteiger partial charge is 0.394 e. The number of hydrogen-bond acceptors (Lipinski definition) is 3. The van der Waals surface area contributed by atoms with Gasteiger partial charge in [0.05, 0.1) is 5.69 Å². The van der Waals surface area contributed by atoms with Crippen LogP contribution in [0.15, 0.2) is 12.4 Å². The van der Waals surface area contributed by atoms with E-state index >= 15 is 0 Å². The summed E-state index contributed by atoms with van der Waals surface area (Å²) in [5, 5.41) is 4.40. The molecule has 2 N–H and O–H groups in total. The second-order valence-electron chi connectivity index (χ2n) is 4.02. The number of aromatic nitrogens is 3. The van der Waals surface area contributed by atoms with Crippen molar-refractivity contribution in [3.8, 4) is 0 Å². The van der Waals surface area contributed by atoms with Gasteiger partial charge in [-0.2, -0.15) is 5.10 Å². The van der Waals surface area contributed by atoms with Gasteiger partial charge in [-0.15, -0.1) is 0 Å². The van der Waals surface area contributed by atoms with Gasteiger partial charge in [0.25, 0.3) is 0 Å². The van der Waals surface area contributed by atoms with E-state index in [0.29, 0.717) is 11.6 Å². The Bertz CT molecular complexity index is 485. The second kappa shape index (κ2) is 3.53. The molecular formula is C11H16N4. The molecule has 0 atom stereocenters. The maximum Gasteiger partial charge on any atom is 0.178 e. The number of nitrogens with two attached hydrogens (primary N) is 1. The standard InChI is InChI=1S/C11H16N4/c1-4-9-10(12)11-13-5-8(7(2)3)6-15(11)14-9/h5-7H,4,12H2,1-3H3. The zero-order valence-corrected chi connectivity index (χ0v) is 9.36. The molecule has 0 fully saturated rings. The van der Waals surface area contributed by atoms with Crippen LogP contribution < -0.4 is 5.73 Å². The summed E-state index contributed by atoms with van der Waals surface area (Å²) in [4.78, 5) is 4.35. The third-order valence-electron chi connectivity index (χ3n) is 2.61. The first-order valence-electron chi connectivity index (χ1n) is 5.26. The summed E-state index contributed by atoms with van der Waals surface area (Å²) in [6.07, 6.45) is 4.71. The molecule has 15 heavy (non-hydrogen) atoms. The van der Waals surface area contributed by atoms with Gasteiger partial charge in [-0.05, 0) is 17.9 Å². The van der Waals surface area contributed by atoms with Gasteiger partial charge in [0, 0.05) is 12.4 Å². The lowest BCUT2D eigenvalue weighted by Crippen LogP contribution is -1.96. The van der Waals surface area contributed by atoms with Crippen LogP contribution in [-0.2, 0) is 6.42 Å². The molecule has 2 aromatic rings. The maximum absolute atomic E-state index is 5.93. The predicted molar refractivity (Wildman–Crippen MR) is 60.9 cm³/mol. The summed E-state index contributed by atoms with van der Waals surface area (Å²) in [5.74, 6) is 0.456. The summed E-state index contributed by atoms with van der Waals surface area (Å²) in [5.41, 5.74) is 9.49. The monoisotopic (exact) mass is 204 g/mol. The summed E-state index contributed by atoms with van der Waals surface area (Å²) >= 11 is 0. The minimum atomic E-state index is 0.456. The van der Waals surface area contributed by atoms with Gasteiger partial charge in [0.2, 0.25) is 0 Å². The number of nitrogen functional groups attached to an aromatic ring is 1. The van der Waals surface area contributed by atoms with E-state index < -0.39 is 0 Å². The molecule has 4 nitrogen and oxygen atoms in total. The molecule has 0 saturated carbocycles. The first-order chi connectivity index (χ1) is 7.13. The molecule has 4 heteroatoms. The van der Waals surface area contributed by atoms with Crippen molar-refractivity contribution in [3.05, 3.63) is 23.7 Å². The van der Waals surface area contributed by atoms with E-state index in [1.165, 1.54) is 5.56 Å². The fourth-order valence-electron chi connectivity index (χ4n) is 1.57. The van der Waals surface area contributed by atoms with Crippen molar-refractivity contribution in [2.24, 2.45) is 0 Å². The molecule has 2 aromatic heterocycles. The normalized spacial score (nSPS) is 11.5. The fraction of sp³-hybridized carbons (Fsp3) is 0.455. The summed E-state index contributed by atoms with van der Waals surface area (Å²) in [6.45, 7) is 6.31. The molecule has 0 aliphatic heterocycles. The number of anilines is 1. The van der Waals surface area contributed by atoms with Crippen LogP contribution in [0.1, 0.15) is 37.9 Å². The lowest BCUT2D eigenvalue weighted by molar-refractivity contribution is 0.812. The highest BCUT2D eigenvalue weighted by atomic mass is 15.3. The Kier molecular flexibility index (Phi) is 2.34. The van der Waals surface area contributed by atoms with Crippen LogP contribution in [0.25, 0.3) is 5.65 Å². The Morgan fingerprint density at radius 1 is 1.47 bits per heavy atom. The minimum absolute atomic E-state index is 0.456. The highest BCUT2D eigenvalue weighted by molar-refractivity contribution is 5.67. The van der Waals surface area contributed by atoms with E-state index in [0.717, 1.165) is 17.8 Å². The molecule has 0 saturated heterocycles. The van der Waals surface area contributed by atoms with Gasteiger partial charge in [0.1, 0.15) is 5.69 Å². The molecule has 2 heterocycles. The van der Waals surface area contributed by atoms with Crippen molar-refractivity contribution in [3.63, 3.8) is 0 Å². The molecule has 0 spiro atoms. The molecular weight excluding hydrogens is 188 g/mol. The highest BCUT2D eigenvalue weighted by Gasteiger charge is 2.10. The first kappa shape index (κ1) is 9.96. The Balaban J connectivity index is 2.63. The molecule has 0 bridgehead atoms. The van der Waals surface area contributed by atoms with Gasteiger partial charge in [-0.3, -0.25) is 0 Å². The molecule has 80 valence electrons. The third kappa shape index (κ3) is 1.56. The maximum atomic E-state index is 5.93.